The Kier molecular flexibility index (Phi) is 3.67. The van der Waals surface area contributed by atoms with E-state index in [9.17, 15) is 5.11 Å². The van der Waals surface area contributed by atoms with Crippen LogP contribution in [0.5, 0.6) is 0 Å². The first-order chi connectivity index (χ1) is 6.39. The van der Waals surface area contributed by atoms with E-state index in [1.165, 1.54) is 0 Å². The van der Waals surface area contributed by atoms with Gasteiger partial charge in [0.1, 0.15) is 0 Å². The first-order valence-corrected chi connectivity index (χ1v) is 5.86. The van der Waals surface area contributed by atoms with Crippen molar-refractivity contribution in [1.29, 1.82) is 0 Å². The van der Waals surface area contributed by atoms with Crippen LogP contribution in [-0.4, -0.2) is 16.2 Å². The van der Waals surface area contributed by atoms with Gasteiger partial charge < -0.3 is 5.11 Å². The average Bonchev–Trinajstić information content (AvgIpc) is 2.30. The normalized spacial score (nSPS) is 14.4. The number of hydrogen-bond donors (Lipinski definition) is 1. The van der Waals surface area contributed by atoms with Gasteiger partial charge in [0, 0.05) is 5.38 Å². The molecule has 1 atom stereocenters. The van der Waals surface area contributed by atoms with E-state index in [0.29, 0.717) is 0 Å². The Morgan fingerprint density at radius 1 is 1.57 bits per heavy atom. The molecule has 3 heteroatoms. The zero-order chi connectivity index (χ0) is 10.8. The molecule has 0 aromatic carbocycles. The number of hydrogen-bond acceptors (Lipinski definition) is 3. The number of thiazole rings is 1. The number of aliphatic hydroxyl groups excluding tert-OH is 1. The van der Waals surface area contributed by atoms with Gasteiger partial charge in [0.05, 0.1) is 16.8 Å². The van der Waals surface area contributed by atoms with Gasteiger partial charge in [-0.1, -0.05) is 13.8 Å². The van der Waals surface area contributed by atoms with Crippen molar-refractivity contribution in [2.45, 2.75) is 46.6 Å². The van der Waals surface area contributed by atoms with Crippen LogP contribution in [0.25, 0.3) is 0 Å². The van der Waals surface area contributed by atoms with Crippen LogP contribution in [0.1, 0.15) is 37.9 Å². The van der Waals surface area contributed by atoms with Crippen molar-refractivity contribution in [2.75, 3.05) is 0 Å². The lowest BCUT2D eigenvalue weighted by Crippen LogP contribution is -2.21. The minimum absolute atomic E-state index is 0.134. The highest BCUT2D eigenvalue weighted by Crippen LogP contribution is 2.27. The summed E-state index contributed by atoms with van der Waals surface area (Å²) >= 11 is 1.69. The molecule has 2 nitrogen and oxygen atoms in total. The summed E-state index contributed by atoms with van der Waals surface area (Å²) in [5.74, 6) is 0. The fraction of sp³-hybridized carbons (Fsp3) is 0.727. The molecule has 0 spiro atoms. The Hall–Kier alpha value is -0.410. The third-order valence-electron chi connectivity index (χ3n) is 2.17. The Bertz CT molecular complexity index is 291. The van der Waals surface area contributed by atoms with Crippen molar-refractivity contribution >= 4 is 11.3 Å². The quantitative estimate of drug-likeness (QED) is 0.834. The third kappa shape index (κ3) is 3.76. The Morgan fingerprint density at radius 3 is 2.64 bits per heavy atom. The molecule has 0 aliphatic rings. The van der Waals surface area contributed by atoms with Crippen molar-refractivity contribution in [3.05, 3.63) is 16.1 Å². The molecule has 0 saturated heterocycles. The molecule has 1 N–H and O–H groups in total. The van der Waals surface area contributed by atoms with E-state index in [1.807, 2.05) is 13.8 Å². The summed E-state index contributed by atoms with van der Waals surface area (Å²) in [5.41, 5.74) is 1.28. The Labute approximate surface area is 90.0 Å². The lowest BCUT2D eigenvalue weighted by molar-refractivity contribution is 0.129. The smallest absolute Gasteiger partial charge is 0.0897 e. The number of rotatable bonds is 4. The molecule has 1 aromatic rings. The highest BCUT2D eigenvalue weighted by Gasteiger charge is 2.21. The van der Waals surface area contributed by atoms with Gasteiger partial charge in [-0.15, -0.1) is 11.3 Å². The SMILES string of the molecule is Cc1nc(CC(C)(C)CC(C)O)cs1. The zero-order valence-electron chi connectivity index (χ0n) is 9.37. The van der Waals surface area contributed by atoms with E-state index in [0.717, 1.165) is 23.5 Å². The standard InChI is InChI=1S/C11H19NOS/c1-8(13)5-11(3,4)6-10-7-14-9(2)12-10/h7-8,13H,5-6H2,1-4H3. The van der Waals surface area contributed by atoms with Crippen LogP contribution in [0.3, 0.4) is 0 Å². The van der Waals surface area contributed by atoms with Crippen LogP contribution < -0.4 is 0 Å². The van der Waals surface area contributed by atoms with Gasteiger partial charge in [0.15, 0.2) is 0 Å². The molecular formula is C11H19NOS. The van der Waals surface area contributed by atoms with Crippen LogP contribution in [-0.2, 0) is 6.42 Å². The minimum Gasteiger partial charge on any atom is -0.393 e. The number of nitrogens with zero attached hydrogens (tertiary/aromatic N) is 1. The Morgan fingerprint density at radius 2 is 2.21 bits per heavy atom. The number of aryl methyl sites for hydroxylation is 1. The monoisotopic (exact) mass is 213 g/mol. The maximum absolute atomic E-state index is 9.35. The van der Waals surface area contributed by atoms with Crippen molar-refractivity contribution in [3.8, 4) is 0 Å². The molecule has 0 amide bonds. The zero-order valence-corrected chi connectivity index (χ0v) is 10.2. The minimum atomic E-state index is -0.232. The molecule has 80 valence electrons. The second kappa shape index (κ2) is 4.41. The molecule has 14 heavy (non-hydrogen) atoms. The van der Waals surface area contributed by atoms with E-state index < -0.39 is 0 Å². The predicted molar refractivity (Wildman–Crippen MR) is 60.6 cm³/mol. The molecule has 0 aliphatic heterocycles. The first-order valence-electron chi connectivity index (χ1n) is 4.98. The van der Waals surface area contributed by atoms with Crippen LogP contribution in [0.2, 0.25) is 0 Å². The van der Waals surface area contributed by atoms with E-state index in [4.69, 9.17) is 0 Å². The fourth-order valence-electron chi connectivity index (χ4n) is 1.85. The summed E-state index contributed by atoms with van der Waals surface area (Å²) in [6.07, 6.45) is 1.54. The molecule has 1 heterocycles. The largest absolute Gasteiger partial charge is 0.393 e. The van der Waals surface area contributed by atoms with Gasteiger partial charge >= 0.3 is 0 Å². The van der Waals surface area contributed by atoms with Gasteiger partial charge in [0.25, 0.3) is 0 Å². The molecule has 1 unspecified atom stereocenters. The number of aromatic nitrogens is 1. The molecule has 1 aromatic heterocycles. The highest BCUT2D eigenvalue weighted by molar-refractivity contribution is 7.09. The topological polar surface area (TPSA) is 33.1 Å². The molecule has 0 bridgehead atoms. The molecular weight excluding hydrogens is 194 g/mol. The van der Waals surface area contributed by atoms with E-state index >= 15 is 0 Å². The predicted octanol–water partition coefficient (Wildman–Crippen LogP) is 2.79. The summed E-state index contributed by atoms with van der Waals surface area (Å²) < 4.78 is 0. The van der Waals surface area contributed by atoms with E-state index in [-0.39, 0.29) is 11.5 Å². The van der Waals surface area contributed by atoms with Crippen molar-refractivity contribution < 1.29 is 5.11 Å². The van der Waals surface area contributed by atoms with Gasteiger partial charge in [-0.2, -0.15) is 0 Å². The van der Waals surface area contributed by atoms with E-state index in [1.54, 1.807) is 11.3 Å². The summed E-state index contributed by atoms with van der Waals surface area (Å²) in [4.78, 5) is 4.44. The average molecular weight is 213 g/mol. The van der Waals surface area contributed by atoms with E-state index in [2.05, 4.69) is 24.2 Å². The molecule has 0 radical (unpaired) electrons. The summed E-state index contributed by atoms with van der Waals surface area (Å²) in [6.45, 7) is 8.21. The second-order valence-corrected chi connectivity index (χ2v) is 5.81. The second-order valence-electron chi connectivity index (χ2n) is 4.75. The van der Waals surface area contributed by atoms with Gasteiger partial charge in [-0.3, -0.25) is 0 Å². The molecule has 1 rings (SSSR count). The summed E-state index contributed by atoms with van der Waals surface area (Å²) in [5, 5.41) is 12.6. The summed E-state index contributed by atoms with van der Waals surface area (Å²) in [7, 11) is 0. The molecule has 0 aliphatic carbocycles. The maximum atomic E-state index is 9.35. The van der Waals surface area contributed by atoms with Crippen LogP contribution >= 0.6 is 11.3 Å². The van der Waals surface area contributed by atoms with Crippen molar-refractivity contribution in [3.63, 3.8) is 0 Å². The van der Waals surface area contributed by atoms with Crippen LogP contribution in [0.15, 0.2) is 5.38 Å². The van der Waals surface area contributed by atoms with Gasteiger partial charge in [0.2, 0.25) is 0 Å². The highest BCUT2D eigenvalue weighted by atomic mass is 32.1. The third-order valence-corrected chi connectivity index (χ3v) is 3.00. The molecule has 0 saturated carbocycles. The first kappa shape index (κ1) is 11.7. The number of aliphatic hydroxyl groups is 1. The van der Waals surface area contributed by atoms with Crippen LogP contribution in [0.4, 0.5) is 0 Å². The maximum Gasteiger partial charge on any atom is 0.0897 e. The van der Waals surface area contributed by atoms with Crippen molar-refractivity contribution in [2.24, 2.45) is 5.41 Å². The van der Waals surface area contributed by atoms with Gasteiger partial charge in [-0.05, 0) is 32.1 Å². The van der Waals surface area contributed by atoms with Gasteiger partial charge in [-0.25, -0.2) is 4.98 Å². The lowest BCUT2D eigenvalue weighted by Gasteiger charge is -2.25. The van der Waals surface area contributed by atoms with Crippen LogP contribution in [0, 0.1) is 12.3 Å². The Balaban J connectivity index is 2.58. The lowest BCUT2D eigenvalue weighted by atomic mass is 9.83. The fourth-order valence-corrected chi connectivity index (χ4v) is 2.46. The molecule has 0 fully saturated rings. The van der Waals surface area contributed by atoms with Crippen molar-refractivity contribution in [1.82, 2.24) is 4.98 Å². The summed E-state index contributed by atoms with van der Waals surface area (Å²) in [6, 6.07) is 0.